The minimum absolute atomic E-state index is 0.776. The first kappa shape index (κ1) is 9.61. The van der Waals surface area contributed by atoms with Crippen LogP contribution < -0.4 is 0 Å². The van der Waals surface area contributed by atoms with Gasteiger partial charge >= 0.3 is 0 Å². The van der Waals surface area contributed by atoms with Crippen molar-refractivity contribution < 1.29 is 4.79 Å². The maximum atomic E-state index is 10.6. The van der Waals surface area contributed by atoms with E-state index in [-0.39, 0.29) is 0 Å². The Kier molecular flexibility index (Phi) is 2.71. The molecule has 0 aliphatic rings. The number of rotatable bonds is 1. The van der Waals surface area contributed by atoms with Crippen LogP contribution in [0.5, 0.6) is 0 Å². The molecule has 0 bridgehead atoms. The summed E-state index contributed by atoms with van der Waals surface area (Å²) in [6.45, 7) is 0. The molecule has 0 N–H and O–H groups in total. The number of aldehydes is 1. The Labute approximate surface area is 101 Å². The lowest BCUT2D eigenvalue weighted by Gasteiger charge is -1.95. The summed E-state index contributed by atoms with van der Waals surface area (Å²) >= 11 is 7.29. The molecule has 0 saturated heterocycles. The van der Waals surface area contributed by atoms with Crippen LogP contribution >= 0.6 is 49.9 Å². The molecular weight excluding hydrogens is 363 g/mol. The average molecular weight is 367 g/mol. The molecule has 1 heterocycles. The number of benzene rings is 1. The predicted octanol–water partition coefficient (Wildman–Crippen LogP) is 4.08. The molecule has 0 fully saturated rings. The van der Waals surface area contributed by atoms with Crippen molar-refractivity contribution in [2.24, 2.45) is 0 Å². The quantitative estimate of drug-likeness (QED) is 0.549. The molecule has 1 aromatic carbocycles. The second kappa shape index (κ2) is 3.67. The molecule has 0 aliphatic heterocycles. The molecule has 1 aromatic heterocycles. The third-order valence-electron chi connectivity index (χ3n) is 1.71. The van der Waals surface area contributed by atoms with Crippen LogP contribution in [-0.4, -0.2) is 6.29 Å². The number of hydrogen-bond acceptors (Lipinski definition) is 2. The smallest absolute Gasteiger partial charge is 0.160 e. The Balaban J connectivity index is 2.83. The molecule has 0 atom stereocenters. The zero-order valence-electron chi connectivity index (χ0n) is 6.38. The first-order valence-electron chi connectivity index (χ1n) is 3.55. The number of hydrogen-bond donors (Lipinski definition) is 0. The third kappa shape index (κ3) is 1.67. The van der Waals surface area contributed by atoms with E-state index < -0.39 is 0 Å². The minimum atomic E-state index is 0.776. The summed E-state index contributed by atoms with van der Waals surface area (Å²) < 4.78 is 3.40. The van der Waals surface area contributed by atoms with Crippen molar-refractivity contribution in [3.8, 4) is 0 Å². The standard InChI is InChI=1S/C9H4BrIOS/c10-8-7(11)2-1-5-3-6(4-12)13-9(5)8/h1-4H. The van der Waals surface area contributed by atoms with Gasteiger partial charge < -0.3 is 0 Å². The molecule has 0 spiro atoms. The van der Waals surface area contributed by atoms with E-state index in [2.05, 4.69) is 38.5 Å². The Bertz CT molecular complexity index is 478. The Morgan fingerprint density at radius 1 is 1.46 bits per heavy atom. The van der Waals surface area contributed by atoms with Crippen molar-refractivity contribution in [3.63, 3.8) is 0 Å². The molecule has 0 aliphatic carbocycles. The van der Waals surface area contributed by atoms with Crippen molar-refractivity contribution in [1.82, 2.24) is 0 Å². The van der Waals surface area contributed by atoms with Crippen LogP contribution in [-0.2, 0) is 0 Å². The second-order valence-corrected chi connectivity index (χ2v) is 5.59. The summed E-state index contributed by atoms with van der Waals surface area (Å²) in [5, 5.41) is 1.12. The highest BCUT2D eigenvalue weighted by atomic mass is 127. The van der Waals surface area contributed by atoms with E-state index >= 15 is 0 Å². The van der Waals surface area contributed by atoms with E-state index in [1.165, 1.54) is 14.9 Å². The maximum absolute atomic E-state index is 10.6. The molecule has 66 valence electrons. The van der Waals surface area contributed by atoms with Gasteiger partial charge in [-0.3, -0.25) is 4.79 Å². The van der Waals surface area contributed by atoms with Gasteiger partial charge in [-0.25, -0.2) is 0 Å². The zero-order valence-corrected chi connectivity index (χ0v) is 10.9. The van der Waals surface area contributed by atoms with Gasteiger partial charge in [-0.15, -0.1) is 11.3 Å². The summed E-state index contributed by atoms with van der Waals surface area (Å²) in [5.41, 5.74) is 0. The van der Waals surface area contributed by atoms with Crippen molar-refractivity contribution >= 4 is 66.2 Å². The van der Waals surface area contributed by atoms with Gasteiger partial charge in [0.2, 0.25) is 0 Å². The number of carbonyl (C=O) groups excluding carboxylic acids is 1. The van der Waals surface area contributed by atoms with Crippen LogP contribution in [0.4, 0.5) is 0 Å². The van der Waals surface area contributed by atoms with Gasteiger partial charge in [-0.05, 0) is 56.0 Å². The highest BCUT2D eigenvalue weighted by molar-refractivity contribution is 14.1. The molecule has 0 saturated carbocycles. The van der Waals surface area contributed by atoms with Crippen LogP contribution in [0, 0.1) is 3.57 Å². The van der Waals surface area contributed by atoms with E-state index in [1.807, 2.05) is 18.2 Å². The maximum Gasteiger partial charge on any atom is 0.160 e. The lowest BCUT2D eigenvalue weighted by Crippen LogP contribution is -1.72. The van der Waals surface area contributed by atoms with Gasteiger partial charge in [0.25, 0.3) is 0 Å². The van der Waals surface area contributed by atoms with Gasteiger partial charge in [-0.2, -0.15) is 0 Å². The molecule has 0 unspecified atom stereocenters. The molecule has 0 amide bonds. The van der Waals surface area contributed by atoms with Crippen molar-refractivity contribution in [3.05, 3.63) is 31.1 Å². The molecule has 2 rings (SSSR count). The highest BCUT2D eigenvalue weighted by Gasteiger charge is 2.06. The average Bonchev–Trinajstić information content (AvgIpc) is 2.55. The van der Waals surface area contributed by atoms with Crippen molar-refractivity contribution in [2.45, 2.75) is 0 Å². The molecule has 0 radical (unpaired) electrons. The van der Waals surface area contributed by atoms with Crippen molar-refractivity contribution in [1.29, 1.82) is 0 Å². The SMILES string of the molecule is O=Cc1cc2ccc(I)c(Br)c2s1. The first-order chi connectivity index (χ1) is 6.22. The summed E-state index contributed by atoms with van der Waals surface area (Å²) in [4.78, 5) is 11.3. The van der Waals surface area contributed by atoms with Gasteiger partial charge in [0.1, 0.15) is 0 Å². The van der Waals surface area contributed by atoms with Gasteiger partial charge in [-0.1, -0.05) is 6.07 Å². The number of fused-ring (bicyclic) bond motifs is 1. The van der Waals surface area contributed by atoms with E-state index in [1.54, 1.807) is 0 Å². The van der Waals surface area contributed by atoms with E-state index in [0.29, 0.717) is 0 Å². The highest BCUT2D eigenvalue weighted by Crippen LogP contribution is 2.34. The predicted molar refractivity (Wildman–Crippen MR) is 67.6 cm³/mol. The largest absolute Gasteiger partial charge is 0.297 e. The fourth-order valence-corrected chi connectivity index (χ4v) is 3.27. The molecule has 4 heteroatoms. The van der Waals surface area contributed by atoms with Crippen LogP contribution in [0.1, 0.15) is 9.67 Å². The third-order valence-corrected chi connectivity index (χ3v) is 5.53. The van der Waals surface area contributed by atoms with Crippen LogP contribution in [0.25, 0.3) is 10.1 Å². The first-order valence-corrected chi connectivity index (χ1v) is 6.24. The van der Waals surface area contributed by atoms with Crippen LogP contribution in [0.3, 0.4) is 0 Å². The molecule has 1 nitrogen and oxygen atoms in total. The summed E-state index contributed by atoms with van der Waals surface area (Å²) in [6.07, 6.45) is 0.893. The Morgan fingerprint density at radius 2 is 2.23 bits per heavy atom. The lowest BCUT2D eigenvalue weighted by atomic mass is 10.2. The summed E-state index contributed by atoms with van der Waals surface area (Å²) in [5.74, 6) is 0. The summed E-state index contributed by atoms with van der Waals surface area (Å²) in [6, 6.07) is 5.98. The summed E-state index contributed by atoms with van der Waals surface area (Å²) in [7, 11) is 0. The Hall–Kier alpha value is 0.0600. The molecule has 13 heavy (non-hydrogen) atoms. The fraction of sp³-hybridized carbons (Fsp3) is 0. The number of thiophene rings is 1. The zero-order chi connectivity index (χ0) is 9.42. The van der Waals surface area contributed by atoms with Crippen molar-refractivity contribution in [2.75, 3.05) is 0 Å². The lowest BCUT2D eigenvalue weighted by molar-refractivity contribution is 0.112. The minimum Gasteiger partial charge on any atom is -0.297 e. The second-order valence-electron chi connectivity index (χ2n) is 2.55. The molecular formula is C9H4BrIOS. The monoisotopic (exact) mass is 366 g/mol. The Morgan fingerprint density at radius 3 is 2.92 bits per heavy atom. The van der Waals surface area contributed by atoms with E-state index in [9.17, 15) is 4.79 Å². The van der Waals surface area contributed by atoms with Crippen LogP contribution in [0.2, 0.25) is 0 Å². The number of halogens is 2. The van der Waals surface area contributed by atoms with E-state index in [4.69, 9.17) is 0 Å². The van der Waals surface area contributed by atoms with Gasteiger partial charge in [0, 0.05) is 8.04 Å². The number of carbonyl (C=O) groups is 1. The van der Waals surface area contributed by atoms with Gasteiger partial charge in [0.05, 0.1) is 9.58 Å². The normalized spacial score (nSPS) is 10.6. The van der Waals surface area contributed by atoms with E-state index in [0.717, 1.165) is 25.7 Å². The topological polar surface area (TPSA) is 17.1 Å². The fourth-order valence-electron chi connectivity index (χ4n) is 1.12. The molecule has 2 aromatic rings. The van der Waals surface area contributed by atoms with Crippen LogP contribution in [0.15, 0.2) is 22.7 Å². The van der Waals surface area contributed by atoms with Gasteiger partial charge in [0.15, 0.2) is 6.29 Å².